The summed E-state index contributed by atoms with van der Waals surface area (Å²) in [6, 6.07) is 9.51. The number of rotatable bonds is 7. The molecule has 0 fully saturated rings. The Morgan fingerprint density at radius 1 is 1.44 bits per heavy atom. The summed E-state index contributed by atoms with van der Waals surface area (Å²) in [4.78, 5) is 16.2. The molecule has 1 N–H and O–H groups in total. The minimum Gasteiger partial charge on any atom is -0.467 e. The van der Waals surface area contributed by atoms with E-state index >= 15 is 0 Å². The quantitative estimate of drug-likeness (QED) is 0.468. The largest absolute Gasteiger partial charge is 0.467 e. The maximum atomic E-state index is 11.9. The molecule has 9 heteroatoms. The second-order valence-corrected chi connectivity index (χ2v) is 7.06. The van der Waals surface area contributed by atoms with Gasteiger partial charge in [0.1, 0.15) is 11.6 Å². The molecule has 0 atom stereocenters. The third-order valence-electron chi connectivity index (χ3n) is 3.36. The summed E-state index contributed by atoms with van der Waals surface area (Å²) in [7, 11) is 1.53. The van der Waals surface area contributed by atoms with Gasteiger partial charge >= 0.3 is 0 Å². The summed E-state index contributed by atoms with van der Waals surface area (Å²) in [6.07, 6.45) is 1.52. The van der Waals surface area contributed by atoms with Crippen LogP contribution in [0.2, 0.25) is 0 Å². The zero-order valence-corrected chi connectivity index (χ0v) is 17.8. The number of ether oxygens (including phenoxy) is 2. The molecule has 7 nitrogen and oxygen atoms in total. The third kappa shape index (κ3) is 5.85. The normalized spacial score (nSPS) is 10.6. The lowest BCUT2D eigenvalue weighted by Crippen LogP contribution is -2.25. The highest BCUT2D eigenvalue weighted by Crippen LogP contribution is 2.29. The molecule has 0 bridgehead atoms. The number of hydrazone groups is 1. The first-order valence-corrected chi connectivity index (χ1v) is 9.33. The number of nitriles is 1. The first-order valence-electron chi connectivity index (χ1n) is 7.74. The number of nitrogens with one attached hydrogen (secondary N) is 1. The fraction of sp³-hybridized carbons (Fsp3) is 0.222. The Hall–Kier alpha value is -2.28. The van der Waals surface area contributed by atoms with Gasteiger partial charge in [-0.3, -0.25) is 4.79 Å². The Bertz CT molecular complexity index is 910. The number of nitrogens with zero attached hydrogens (tertiary/aromatic N) is 3. The second kappa shape index (κ2) is 10.2. The molecule has 2 rings (SSSR count). The van der Waals surface area contributed by atoms with Gasteiger partial charge in [0, 0.05) is 21.6 Å². The monoisotopic (exact) mass is 494 g/mol. The number of carbonyl (C=O) groups is 1. The molecule has 0 saturated heterocycles. The van der Waals surface area contributed by atoms with Crippen LogP contribution < -0.4 is 10.2 Å². The summed E-state index contributed by atoms with van der Waals surface area (Å²) in [5, 5.41) is 13.3. The van der Waals surface area contributed by atoms with E-state index in [0.717, 1.165) is 10.0 Å². The van der Waals surface area contributed by atoms with E-state index in [1.807, 2.05) is 30.3 Å². The second-order valence-electron chi connectivity index (χ2n) is 5.35. The molecule has 27 heavy (non-hydrogen) atoms. The van der Waals surface area contributed by atoms with Crippen LogP contribution in [0.1, 0.15) is 22.4 Å². The molecule has 1 amide bonds. The minimum absolute atomic E-state index is 0.0800. The molecule has 0 spiro atoms. The zero-order valence-electron chi connectivity index (χ0n) is 14.6. The van der Waals surface area contributed by atoms with E-state index in [-0.39, 0.29) is 24.7 Å². The Balaban J connectivity index is 2.03. The van der Waals surface area contributed by atoms with Crippen molar-refractivity contribution in [1.29, 1.82) is 5.26 Å². The van der Waals surface area contributed by atoms with Crippen molar-refractivity contribution in [2.45, 2.75) is 13.5 Å². The van der Waals surface area contributed by atoms with E-state index in [2.05, 4.69) is 47.4 Å². The van der Waals surface area contributed by atoms with Gasteiger partial charge in [0.2, 0.25) is 5.88 Å². The molecule has 0 unspecified atom stereocenters. The number of amides is 1. The number of methoxy groups -OCH3 is 1. The standard InChI is InChI=1S/C18H16Br2N4O3/c1-11-17(20)15(9-26-2)14(7-21)18(23-11)27-10-16(25)24-22-8-12-4-3-5-13(19)6-12/h3-6,8H,9-10H2,1-2H3,(H,24,25)/b22-8+. The first-order chi connectivity index (χ1) is 13.0. The van der Waals surface area contributed by atoms with Gasteiger partial charge in [0.15, 0.2) is 6.61 Å². The molecular formula is C18H16Br2N4O3. The van der Waals surface area contributed by atoms with Crippen LogP contribution in [-0.2, 0) is 16.1 Å². The number of aromatic nitrogens is 1. The van der Waals surface area contributed by atoms with Gasteiger partial charge in [-0.1, -0.05) is 28.1 Å². The van der Waals surface area contributed by atoms with Crippen LogP contribution in [0.4, 0.5) is 0 Å². The first kappa shape index (κ1) is 21.0. The fourth-order valence-electron chi connectivity index (χ4n) is 2.15. The Morgan fingerprint density at radius 2 is 2.22 bits per heavy atom. The minimum atomic E-state index is -0.471. The molecule has 0 aliphatic rings. The summed E-state index contributed by atoms with van der Waals surface area (Å²) >= 11 is 6.76. The summed E-state index contributed by atoms with van der Waals surface area (Å²) < 4.78 is 12.1. The van der Waals surface area contributed by atoms with Crippen LogP contribution >= 0.6 is 31.9 Å². The van der Waals surface area contributed by atoms with Crippen molar-refractivity contribution in [3.05, 3.63) is 55.6 Å². The fourth-order valence-corrected chi connectivity index (χ4v) is 2.96. The Morgan fingerprint density at radius 3 is 2.89 bits per heavy atom. The lowest BCUT2D eigenvalue weighted by molar-refractivity contribution is -0.123. The van der Waals surface area contributed by atoms with Crippen LogP contribution in [0.5, 0.6) is 5.88 Å². The lowest BCUT2D eigenvalue weighted by Gasteiger charge is -2.13. The van der Waals surface area contributed by atoms with Gasteiger partial charge in [-0.05, 0) is 40.5 Å². The van der Waals surface area contributed by atoms with Crippen LogP contribution in [0.15, 0.2) is 38.3 Å². The maximum Gasteiger partial charge on any atom is 0.278 e. The predicted molar refractivity (Wildman–Crippen MR) is 107 cm³/mol. The van der Waals surface area contributed by atoms with Crippen molar-refractivity contribution >= 4 is 44.0 Å². The average Bonchev–Trinajstić information content (AvgIpc) is 2.64. The van der Waals surface area contributed by atoms with Crippen molar-refractivity contribution in [2.24, 2.45) is 5.10 Å². The summed E-state index contributed by atoms with van der Waals surface area (Å²) in [5.41, 5.74) is 4.67. The topological polar surface area (TPSA) is 96.6 Å². The van der Waals surface area contributed by atoms with E-state index in [1.165, 1.54) is 13.3 Å². The number of pyridine rings is 1. The van der Waals surface area contributed by atoms with Gasteiger partial charge in [-0.2, -0.15) is 10.4 Å². The molecule has 1 heterocycles. The molecule has 0 aliphatic heterocycles. The van der Waals surface area contributed by atoms with Crippen LogP contribution in [0, 0.1) is 18.3 Å². The van der Waals surface area contributed by atoms with E-state index in [9.17, 15) is 10.1 Å². The van der Waals surface area contributed by atoms with Gasteiger partial charge in [0.25, 0.3) is 5.91 Å². The van der Waals surface area contributed by atoms with Crippen LogP contribution in [-0.4, -0.2) is 30.8 Å². The van der Waals surface area contributed by atoms with Crippen molar-refractivity contribution < 1.29 is 14.3 Å². The molecule has 0 saturated carbocycles. The molecule has 0 radical (unpaired) electrons. The van der Waals surface area contributed by atoms with Gasteiger partial charge in [-0.25, -0.2) is 10.4 Å². The number of benzene rings is 1. The van der Waals surface area contributed by atoms with Gasteiger partial charge in [0.05, 0.1) is 18.5 Å². The van der Waals surface area contributed by atoms with E-state index in [4.69, 9.17) is 9.47 Å². The lowest BCUT2D eigenvalue weighted by atomic mass is 10.1. The molecule has 140 valence electrons. The number of halogens is 2. The van der Waals surface area contributed by atoms with Crippen LogP contribution in [0.3, 0.4) is 0 Å². The highest BCUT2D eigenvalue weighted by atomic mass is 79.9. The molecule has 0 aliphatic carbocycles. The van der Waals surface area contributed by atoms with Crippen molar-refractivity contribution in [1.82, 2.24) is 10.4 Å². The van der Waals surface area contributed by atoms with Crippen molar-refractivity contribution in [3.8, 4) is 11.9 Å². The highest BCUT2D eigenvalue weighted by Gasteiger charge is 2.18. The van der Waals surface area contributed by atoms with E-state index in [0.29, 0.717) is 15.7 Å². The van der Waals surface area contributed by atoms with Crippen molar-refractivity contribution in [2.75, 3.05) is 13.7 Å². The Labute approximate surface area is 173 Å². The highest BCUT2D eigenvalue weighted by molar-refractivity contribution is 9.10. The molecule has 1 aromatic heterocycles. The van der Waals surface area contributed by atoms with Gasteiger partial charge in [-0.15, -0.1) is 0 Å². The number of hydrogen-bond acceptors (Lipinski definition) is 6. The molecule has 1 aromatic carbocycles. The van der Waals surface area contributed by atoms with Crippen LogP contribution in [0.25, 0.3) is 0 Å². The summed E-state index contributed by atoms with van der Waals surface area (Å²) in [6.45, 7) is 1.65. The predicted octanol–water partition coefficient (Wildman–Crippen LogP) is 3.46. The average molecular weight is 496 g/mol. The number of aryl methyl sites for hydroxylation is 1. The van der Waals surface area contributed by atoms with Gasteiger partial charge < -0.3 is 9.47 Å². The number of carbonyl (C=O) groups excluding carboxylic acids is 1. The Kier molecular flexibility index (Phi) is 7.91. The third-order valence-corrected chi connectivity index (χ3v) is 4.91. The van der Waals surface area contributed by atoms with Crippen molar-refractivity contribution in [3.63, 3.8) is 0 Å². The van der Waals surface area contributed by atoms with E-state index < -0.39 is 5.91 Å². The smallest absolute Gasteiger partial charge is 0.278 e. The zero-order chi connectivity index (χ0) is 19.8. The van der Waals surface area contributed by atoms with E-state index in [1.54, 1.807) is 6.92 Å². The summed E-state index contributed by atoms with van der Waals surface area (Å²) in [5.74, 6) is -0.392. The molecule has 2 aromatic rings. The maximum absolute atomic E-state index is 11.9. The molecular weight excluding hydrogens is 480 g/mol. The SMILES string of the molecule is COCc1c(Br)c(C)nc(OCC(=O)N/N=C/c2cccc(Br)c2)c1C#N. The number of hydrogen-bond donors (Lipinski definition) is 1.